The molecule has 0 radical (unpaired) electrons. The highest BCUT2D eigenvalue weighted by Crippen LogP contribution is 2.62. The molecule has 0 heterocycles. The lowest BCUT2D eigenvalue weighted by molar-refractivity contribution is -0.192. The monoisotopic (exact) mass is 461 g/mol. The third kappa shape index (κ3) is 5.93. The van der Waals surface area contributed by atoms with Crippen molar-refractivity contribution >= 4 is 17.6 Å². The third-order valence-corrected chi connectivity index (χ3v) is 7.48. The molecule has 5 rings (SSSR count). The molecule has 0 aromatic heterocycles. The van der Waals surface area contributed by atoms with Crippen LogP contribution in [-0.2, 0) is 11.2 Å². The number of carbonyl (C=O) groups is 1. The molecule has 1 aromatic rings. The Morgan fingerprint density at radius 2 is 1.68 bits per heavy atom. The zero-order chi connectivity index (χ0) is 23.0. The number of hydrogen-bond acceptors (Lipinski definition) is 3. The van der Waals surface area contributed by atoms with E-state index in [1.54, 1.807) is 0 Å². The fourth-order valence-corrected chi connectivity index (χ4v) is 6.55. The maximum atomic E-state index is 11.0. The van der Waals surface area contributed by atoms with Gasteiger partial charge in [-0.1, -0.05) is 23.7 Å². The molecule has 4 saturated carbocycles. The van der Waals surface area contributed by atoms with Crippen molar-refractivity contribution in [3.8, 4) is 0 Å². The maximum Gasteiger partial charge on any atom is 0.490 e. The van der Waals surface area contributed by atoms with Crippen LogP contribution >= 0.6 is 11.6 Å². The summed E-state index contributed by atoms with van der Waals surface area (Å²) in [4.78, 5) is 8.90. The largest absolute Gasteiger partial charge is 0.490 e. The fraction of sp³-hybridized carbons (Fsp3) is 0.696. The number of halogens is 4. The lowest BCUT2D eigenvalue weighted by atomic mass is 9.46. The number of nitrogens with one attached hydrogen (secondary N) is 1. The Balaban J connectivity index is 0.000000339. The number of benzene rings is 1. The summed E-state index contributed by atoms with van der Waals surface area (Å²) in [6, 6.07) is 9.10. The molecule has 4 atom stereocenters. The van der Waals surface area contributed by atoms with Crippen LogP contribution in [0.15, 0.2) is 24.3 Å². The second-order valence-electron chi connectivity index (χ2n) is 9.97. The second-order valence-corrected chi connectivity index (χ2v) is 10.4. The molecule has 174 valence electrons. The number of carboxylic acids is 1. The minimum Gasteiger partial charge on any atom is -0.475 e. The van der Waals surface area contributed by atoms with Crippen LogP contribution in [0.2, 0.25) is 5.02 Å². The Morgan fingerprint density at radius 3 is 2.13 bits per heavy atom. The van der Waals surface area contributed by atoms with E-state index in [0.717, 1.165) is 42.5 Å². The molecule has 8 heteroatoms. The van der Waals surface area contributed by atoms with E-state index in [1.807, 2.05) is 12.1 Å². The van der Waals surface area contributed by atoms with Gasteiger partial charge in [0.15, 0.2) is 0 Å². The third-order valence-electron chi connectivity index (χ3n) is 7.23. The predicted octanol–water partition coefficient (Wildman–Crippen LogP) is 5.21. The van der Waals surface area contributed by atoms with E-state index < -0.39 is 12.1 Å². The smallest absolute Gasteiger partial charge is 0.475 e. The van der Waals surface area contributed by atoms with Crippen LogP contribution in [0.5, 0.6) is 0 Å². The van der Waals surface area contributed by atoms with Crippen LogP contribution in [0.3, 0.4) is 0 Å². The first kappa shape index (κ1) is 24.3. The number of hydrogen-bond donors (Lipinski definition) is 3. The Morgan fingerprint density at radius 1 is 1.16 bits per heavy atom. The van der Waals surface area contributed by atoms with Gasteiger partial charge in [-0.15, -0.1) is 0 Å². The van der Waals surface area contributed by atoms with E-state index in [1.165, 1.54) is 24.8 Å². The van der Waals surface area contributed by atoms with Crippen LogP contribution in [0.1, 0.15) is 57.9 Å². The average molecular weight is 462 g/mol. The van der Waals surface area contributed by atoms with Gasteiger partial charge in [0.05, 0.1) is 5.60 Å². The normalized spacial score (nSPS) is 33.4. The van der Waals surface area contributed by atoms with Crippen molar-refractivity contribution in [3.05, 3.63) is 34.9 Å². The van der Waals surface area contributed by atoms with E-state index in [4.69, 9.17) is 21.5 Å². The van der Waals surface area contributed by atoms with E-state index in [-0.39, 0.29) is 5.60 Å². The standard InChI is InChI=1S/C21H30ClNO.C2HF3O2/c1-14(7-16-3-5-19(22)6-4-16)23-15(2)20-9-17-8-18(10-20)12-21(24,11-17)13-20;3-2(4,5)1(6)7/h3-6,14-15,17-18,23-24H,7-13H2,1-2H3;(H,6,7). The molecule has 31 heavy (non-hydrogen) atoms. The number of aliphatic hydroxyl groups is 1. The first-order valence-corrected chi connectivity index (χ1v) is 11.2. The van der Waals surface area contributed by atoms with Crippen molar-refractivity contribution in [2.24, 2.45) is 17.3 Å². The van der Waals surface area contributed by atoms with Crippen molar-refractivity contribution in [1.82, 2.24) is 5.32 Å². The molecule has 4 aliphatic rings. The summed E-state index contributed by atoms with van der Waals surface area (Å²) in [5, 5.41) is 22.8. The van der Waals surface area contributed by atoms with E-state index in [2.05, 4.69) is 31.3 Å². The maximum absolute atomic E-state index is 11.0. The van der Waals surface area contributed by atoms with Crippen LogP contribution < -0.4 is 5.32 Å². The SMILES string of the molecule is CC(Cc1ccc(Cl)cc1)NC(C)C12CC3CC(CC(O)(C3)C1)C2.O=C(O)C(F)(F)F. The summed E-state index contributed by atoms with van der Waals surface area (Å²) in [6.45, 7) is 4.63. The summed E-state index contributed by atoms with van der Waals surface area (Å²) in [7, 11) is 0. The minimum absolute atomic E-state index is 0.313. The molecule has 4 nitrogen and oxygen atoms in total. The van der Waals surface area contributed by atoms with Crippen molar-refractivity contribution in [2.75, 3.05) is 0 Å². The molecule has 0 aliphatic heterocycles. The summed E-state index contributed by atoms with van der Waals surface area (Å²) in [5.41, 5.74) is 1.28. The van der Waals surface area contributed by atoms with Gasteiger partial charge in [-0.25, -0.2) is 4.79 Å². The average Bonchev–Trinajstić information content (AvgIpc) is 2.61. The molecule has 1 aromatic carbocycles. The molecule has 0 saturated heterocycles. The molecule has 0 spiro atoms. The van der Waals surface area contributed by atoms with Crippen LogP contribution in [-0.4, -0.2) is 40.0 Å². The van der Waals surface area contributed by atoms with Crippen LogP contribution in [0.25, 0.3) is 0 Å². The zero-order valence-corrected chi connectivity index (χ0v) is 18.6. The van der Waals surface area contributed by atoms with Gasteiger partial charge in [0.2, 0.25) is 0 Å². The van der Waals surface area contributed by atoms with E-state index in [0.29, 0.717) is 17.5 Å². The highest BCUT2D eigenvalue weighted by Gasteiger charge is 2.58. The molecule has 0 amide bonds. The van der Waals surface area contributed by atoms with Gasteiger partial charge in [-0.2, -0.15) is 13.2 Å². The quantitative estimate of drug-likeness (QED) is 0.562. The Hall–Kier alpha value is -1.31. The first-order chi connectivity index (χ1) is 14.3. The van der Waals surface area contributed by atoms with Gasteiger partial charge in [-0.05, 0) is 93.7 Å². The Labute approximate surface area is 186 Å². The van der Waals surface area contributed by atoms with Gasteiger partial charge >= 0.3 is 12.1 Å². The molecule has 4 fully saturated rings. The van der Waals surface area contributed by atoms with Gasteiger partial charge in [0.1, 0.15) is 0 Å². The summed E-state index contributed by atoms with van der Waals surface area (Å²) in [6.07, 6.45) is 3.04. The summed E-state index contributed by atoms with van der Waals surface area (Å²) < 4.78 is 31.7. The molecule has 4 aliphatic carbocycles. The predicted molar refractivity (Wildman–Crippen MR) is 113 cm³/mol. The topological polar surface area (TPSA) is 69.6 Å². The lowest BCUT2D eigenvalue weighted by Gasteiger charge is -2.62. The van der Waals surface area contributed by atoms with E-state index in [9.17, 15) is 18.3 Å². The van der Waals surface area contributed by atoms with Gasteiger partial charge in [0.25, 0.3) is 0 Å². The van der Waals surface area contributed by atoms with Crippen molar-refractivity contribution in [3.63, 3.8) is 0 Å². The van der Waals surface area contributed by atoms with Crippen molar-refractivity contribution in [1.29, 1.82) is 0 Å². The molecule has 4 unspecified atom stereocenters. The summed E-state index contributed by atoms with van der Waals surface area (Å²) in [5.74, 6) is -1.24. The highest BCUT2D eigenvalue weighted by atomic mass is 35.5. The number of alkyl halides is 3. The molecular weight excluding hydrogens is 431 g/mol. The minimum atomic E-state index is -5.08. The number of rotatable bonds is 5. The highest BCUT2D eigenvalue weighted by molar-refractivity contribution is 6.30. The zero-order valence-electron chi connectivity index (χ0n) is 17.9. The number of carboxylic acid groups (broad SMARTS) is 1. The van der Waals surface area contributed by atoms with Crippen LogP contribution in [0, 0.1) is 17.3 Å². The summed E-state index contributed by atoms with van der Waals surface area (Å²) >= 11 is 5.98. The molecular formula is C23H31ClF3NO3. The Bertz CT molecular complexity index is 769. The number of aliphatic carboxylic acids is 1. The molecule has 4 bridgehead atoms. The van der Waals surface area contributed by atoms with Gasteiger partial charge < -0.3 is 15.5 Å². The van der Waals surface area contributed by atoms with Gasteiger partial charge in [0, 0.05) is 17.1 Å². The van der Waals surface area contributed by atoms with Crippen LogP contribution in [0.4, 0.5) is 13.2 Å². The van der Waals surface area contributed by atoms with E-state index >= 15 is 0 Å². The molecule has 3 N–H and O–H groups in total. The second kappa shape index (κ2) is 8.91. The first-order valence-electron chi connectivity index (χ1n) is 10.8. The lowest BCUT2D eigenvalue weighted by Crippen LogP contribution is -2.62. The van der Waals surface area contributed by atoms with Gasteiger partial charge in [-0.3, -0.25) is 0 Å². The van der Waals surface area contributed by atoms with Crippen molar-refractivity contribution < 1.29 is 28.2 Å². The Kier molecular flexibility index (Phi) is 6.99. The van der Waals surface area contributed by atoms with Crippen molar-refractivity contribution in [2.45, 2.75) is 82.7 Å². The fourth-order valence-electron chi connectivity index (χ4n) is 6.43.